The van der Waals surface area contributed by atoms with Gasteiger partial charge in [-0.25, -0.2) is 15.0 Å². The fourth-order valence-electron chi connectivity index (χ4n) is 2.94. The second kappa shape index (κ2) is 7.92. The Bertz CT molecular complexity index is 1070. The third kappa shape index (κ3) is 3.86. The highest BCUT2D eigenvalue weighted by Gasteiger charge is 2.13. The van der Waals surface area contributed by atoms with Gasteiger partial charge in [-0.1, -0.05) is 30.3 Å². The summed E-state index contributed by atoms with van der Waals surface area (Å²) in [6, 6.07) is 21.4. The minimum absolute atomic E-state index is 0.472. The Labute approximate surface area is 163 Å². The molecule has 4 rings (SSSR count). The molecule has 2 N–H and O–H groups in total. The zero-order valence-electron chi connectivity index (χ0n) is 15.6. The van der Waals surface area contributed by atoms with Crippen LogP contribution in [0, 0.1) is 0 Å². The molecule has 0 amide bonds. The lowest BCUT2D eigenvalue weighted by Crippen LogP contribution is -2.25. The first-order valence-corrected chi connectivity index (χ1v) is 9.08. The normalized spacial score (nSPS) is 10.8. The summed E-state index contributed by atoms with van der Waals surface area (Å²) in [5, 5.41) is 0.997. The van der Waals surface area contributed by atoms with Gasteiger partial charge >= 0.3 is 0 Å². The molecule has 0 saturated carbocycles. The minimum Gasteiger partial charge on any atom is -0.492 e. The van der Waals surface area contributed by atoms with Gasteiger partial charge in [-0.15, -0.1) is 0 Å². The standard InChI is InChI=1S/C22H21N5O/c1-27(13-14-28-17-7-3-2-4-8-17)22-18-9-5-6-10-19(18)25-21(26-22)16-11-12-20(23)24-15-16/h2-12,15H,13-14H2,1H3,(H2,23,24). The number of pyridine rings is 1. The van der Waals surface area contributed by atoms with E-state index < -0.39 is 0 Å². The fourth-order valence-corrected chi connectivity index (χ4v) is 2.94. The first-order valence-electron chi connectivity index (χ1n) is 9.08. The van der Waals surface area contributed by atoms with Crippen LogP contribution >= 0.6 is 0 Å². The van der Waals surface area contributed by atoms with E-state index in [1.54, 1.807) is 12.3 Å². The molecule has 2 aromatic carbocycles. The largest absolute Gasteiger partial charge is 0.492 e. The Morgan fingerprint density at radius 3 is 2.50 bits per heavy atom. The fraction of sp³-hybridized carbons (Fsp3) is 0.136. The second-order valence-corrected chi connectivity index (χ2v) is 6.44. The molecular formula is C22H21N5O. The predicted molar refractivity (Wildman–Crippen MR) is 112 cm³/mol. The van der Waals surface area contributed by atoms with Crippen LogP contribution in [0.4, 0.5) is 11.6 Å². The van der Waals surface area contributed by atoms with Crippen LogP contribution in [0.3, 0.4) is 0 Å². The lowest BCUT2D eigenvalue weighted by atomic mass is 10.2. The number of nitrogen functional groups attached to an aromatic ring is 1. The SMILES string of the molecule is CN(CCOc1ccccc1)c1nc(-c2ccc(N)nc2)nc2ccccc12. The van der Waals surface area contributed by atoms with Crippen LogP contribution in [0.2, 0.25) is 0 Å². The molecule has 0 aliphatic rings. The van der Waals surface area contributed by atoms with Crippen molar-refractivity contribution in [3.05, 3.63) is 72.9 Å². The summed E-state index contributed by atoms with van der Waals surface area (Å²) < 4.78 is 5.83. The van der Waals surface area contributed by atoms with Crippen molar-refractivity contribution in [2.45, 2.75) is 0 Å². The van der Waals surface area contributed by atoms with Crippen LogP contribution in [0.5, 0.6) is 5.75 Å². The number of fused-ring (bicyclic) bond motifs is 1. The van der Waals surface area contributed by atoms with Crippen molar-refractivity contribution in [1.82, 2.24) is 15.0 Å². The Morgan fingerprint density at radius 1 is 0.929 bits per heavy atom. The maximum absolute atomic E-state index is 5.83. The van der Waals surface area contributed by atoms with E-state index in [9.17, 15) is 0 Å². The molecule has 0 unspecified atom stereocenters. The topological polar surface area (TPSA) is 77.2 Å². The highest BCUT2D eigenvalue weighted by Crippen LogP contribution is 2.26. The summed E-state index contributed by atoms with van der Waals surface area (Å²) >= 11 is 0. The molecule has 6 nitrogen and oxygen atoms in total. The molecule has 0 radical (unpaired) electrons. The van der Waals surface area contributed by atoms with Gasteiger partial charge in [-0.3, -0.25) is 0 Å². The quantitative estimate of drug-likeness (QED) is 0.556. The Balaban J connectivity index is 1.61. The number of hydrogen-bond acceptors (Lipinski definition) is 6. The smallest absolute Gasteiger partial charge is 0.163 e. The average Bonchev–Trinajstić information content (AvgIpc) is 2.74. The number of para-hydroxylation sites is 2. The van der Waals surface area contributed by atoms with E-state index >= 15 is 0 Å². The number of rotatable bonds is 6. The summed E-state index contributed by atoms with van der Waals surface area (Å²) in [7, 11) is 2.01. The number of likely N-dealkylation sites (N-methyl/N-ethyl adjacent to an activating group) is 1. The Kier molecular flexibility index (Phi) is 5.01. The number of benzene rings is 2. The number of nitrogens with two attached hydrogens (primary N) is 1. The molecule has 0 bridgehead atoms. The predicted octanol–water partition coefficient (Wildman–Crippen LogP) is 3.79. The van der Waals surface area contributed by atoms with Crippen molar-refractivity contribution in [2.75, 3.05) is 30.8 Å². The molecule has 0 aliphatic carbocycles. The van der Waals surface area contributed by atoms with E-state index in [0.29, 0.717) is 24.8 Å². The number of hydrogen-bond donors (Lipinski definition) is 1. The van der Waals surface area contributed by atoms with Crippen LogP contribution in [0.25, 0.3) is 22.3 Å². The molecule has 2 heterocycles. The van der Waals surface area contributed by atoms with E-state index in [4.69, 9.17) is 20.4 Å². The van der Waals surface area contributed by atoms with Crippen molar-refractivity contribution in [1.29, 1.82) is 0 Å². The average molecular weight is 371 g/mol. The van der Waals surface area contributed by atoms with Crippen LogP contribution in [-0.4, -0.2) is 35.2 Å². The number of ether oxygens (including phenoxy) is 1. The second-order valence-electron chi connectivity index (χ2n) is 6.44. The number of aromatic nitrogens is 3. The van der Waals surface area contributed by atoms with Gasteiger partial charge in [0.05, 0.1) is 12.1 Å². The molecule has 2 aromatic heterocycles. The Hall–Kier alpha value is -3.67. The van der Waals surface area contributed by atoms with E-state index in [-0.39, 0.29) is 0 Å². The molecule has 140 valence electrons. The van der Waals surface area contributed by atoms with Crippen molar-refractivity contribution in [3.8, 4) is 17.1 Å². The summed E-state index contributed by atoms with van der Waals surface area (Å²) in [4.78, 5) is 15.7. The minimum atomic E-state index is 0.472. The van der Waals surface area contributed by atoms with Gasteiger partial charge in [0.1, 0.15) is 24.0 Å². The van der Waals surface area contributed by atoms with E-state index in [2.05, 4.69) is 9.88 Å². The molecular weight excluding hydrogens is 350 g/mol. The summed E-state index contributed by atoms with van der Waals surface area (Å²) in [6.45, 7) is 1.24. The van der Waals surface area contributed by atoms with Gasteiger partial charge in [0.2, 0.25) is 0 Å². The maximum atomic E-state index is 5.83. The van der Waals surface area contributed by atoms with Gasteiger partial charge in [0.15, 0.2) is 5.82 Å². The zero-order valence-corrected chi connectivity index (χ0v) is 15.6. The van der Waals surface area contributed by atoms with E-state index in [0.717, 1.165) is 28.0 Å². The van der Waals surface area contributed by atoms with E-state index in [1.807, 2.05) is 67.7 Å². The van der Waals surface area contributed by atoms with Gasteiger partial charge < -0.3 is 15.4 Å². The number of anilines is 2. The van der Waals surface area contributed by atoms with Gasteiger partial charge in [-0.05, 0) is 36.4 Å². The molecule has 6 heteroatoms. The van der Waals surface area contributed by atoms with Crippen LogP contribution in [0.1, 0.15) is 0 Å². The summed E-state index contributed by atoms with van der Waals surface area (Å²) in [5.41, 5.74) is 7.42. The molecule has 0 fully saturated rings. The van der Waals surface area contributed by atoms with E-state index in [1.165, 1.54) is 0 Å². The van der Waals surface area contributed by atoms with Crippen molar-refractivity contribution >= 4 is 22.5 Å². The lowest BCUT2D eigenvalue weighted by molar-refractivity contribution is 0.326. The molecule has 0 spiro atoms. The molecule has 0 atom stereocenters. The first kappa shape index (κ1) is 17.7. The third-order valence-corrected chi connectivity index (χ3v) is 4.43. The van der Waals surface area contributed by atoms with Crippen LogP contribution in [-0.2, 0) is 0 Å². The van der Waals surface area contributed by atoms with Gasteiger partial charge in [0, 0.05) is 24.2 Å². The van der Waals surface area contributed by atoms with Gasteiger partial charge in [0.25, 0.3) is 0 Å². The highest BCUT2D eigenvalue weighted by atomic mass is 16.5. The third-order valence-electron chi connectivity index (χ3n) is 4.43. The molecule has 0 aliphatic heterocycles. The summed E-state index contributed by atoms with van der Waals surface area (Å²) in [5.74, 6) is 2.81. The van der Waals surface area contributed by atoms with Gasteiger partial charge in [-0.2, -0.15) is 0 Å². The number of nitrogens with zero attached hydrogens (tertiary/aromatic N) is 4. The highest BCUT2D eigenvalue weighted by molar-refractivity contribution is 5.91. The van der Waals surface area contributed by atoms with Crippen molar-refractivity contribution in [3.63, 3.8) is 0 Å². The van der Waals surface area contributed by atoms with Crippen LogP contribution < -0.4 is 15.4 Å². The Morgan fingerprint density at radius 2 is 1.71 bits per heavy atom. The first-order chi connectivity index (χ1) is 13.7. The zero-order chi connectivity index (χ0) is 19.3. The molecule has 28 heavy (non-hydrogen) atoms. The molecule has 0 saturated heterocycles. The maximum Gasteiger partial charge on any atom is 0.163 e. The van der Waals surface area contributed by atoms with Crippen LogP contribution in [0.15, 0.2) is 72.9 Å². The monoisotopic (exact) mass is 371 g/mol. The van der Waals surface area contributed by atoms with Crippen molar-refractivity contribution in [2.24, 2.45) is 0 Å². The lowest BCUT2D eigenvalue weighted by Gasteiger charge is -2.21. The summed E-state index contributed by atoms with van der Waals surface area (Å²) in [6.07, 6.45) is 1.70. The molecule has 4 aromatic rings. The van der Waals surface area contributed by atoms with Crippen molar-refractivity contribution < 1.29 is 4.74 Å².